The van der Waals surface area contributed by atoms with E-state index in [1.54, 1.807) is 6.26 Å². The summed E-state index contributed by atoms with van der Waals surface area (Å²) in [4.78, 5) is 4.36. The first kappa shape index (κ1) is 7.55. The van der Waals surface area contributed by atoms with Crippen molar-refractivity contribution in [1.29, 1.82) is 0 Å². The first-order valence-electron chi connectivity index (χ1n) is 3.94. The van der Waals surface area contributed by atoms with Crippen LogP contribution in [0.3, 0.4) is 0 Å². The molecule has 0 saturated carbocycles. The Morgan fingerprint density at radius 1 is 1.50 bits per heavy atom. The third-order valence-electron chi connectivity index (χ3n) is 1.77. The zero-order chi connectivity index (χ0) is 8.60. The molecule has 0 aliphatic carbocycles. The second-order valence-electron chi connectivity index (χ2n) is 3.27. The number of nitrogens with zero attached hydrogens (tertiary/aromatic N) is 1. The zero-order valence-electron chi connectivity index (χ0n) is 7.20. The van der Waals surface area contributed by atoms with E-state index >= 15 is 0 Å². The number of aliphatic imine (C=N–C) groups is 1. The molecule has 1 aromatic heterocycles. The van der Waals surface area contributed by atoms with Crippen LogP contribution in [0.1, 0.15) is 19.6 Å². The van der Waals surface area contributed by atoms with Crippen LogP contribution in [-0.2, 0) is 4.74 Å². The maximum absolute atomic E-state index is 5.41. The van der Waals surface area contributed by atoms with E-state index in [0.717, 1.165) is 11.5 Å². The summed E-state index contributed by atoms with van der Waals surface area (Å²) in [6.45, 7) is 4.41. The summed E-state index contributed by atoms with van der Waals surface area (Å²) in [5, 5.41) is 0. The predicted octanol–water partition coefficient (Wildman–Crippen LogP) is 1.83. The summed E-state index contributed by atoms with van der Waals surface area (Å²) in [6.07, 6.45) is 1.64. The maximum Gasteiger partial charge on any atom is 0.154 e. The van der Waals surface area contributed by atoms with Gasteiger partial charge in [0.1, 0.15) is 11.5 Å². The van der Waals surface area contributed by atoms with Crippen molar-refractivity contribution in [2.24, 2.45) is 4.99 Å². The minimum absolute atomic E-state index is 0.387. The van der Waals surface area contributed by atoms with Crippen LogP contribution in [0.25, 0.3) is 0 Å². The molecule has 0 saturated heterocycles. The highest BCUT2D eigenvalue weighted by Gasteiger charge is 2.26. The number of hydrogen-bond acceptors (Lipinski definition) is 3. The molecule has 3 heteroatoms. The first-order valence-corrected chi connectivity index (χ1v) is 3.94. The fourth-order valence-corrected chi connectivity index (χ4v) is 1.20. The molecule has 0 N–H and O–H groups in total. The van der Waals surface area contributed by atoms with Crippen molar-refractivity contribution in [3.05, 3.63) is 24.2 Å². The lowest BCUT2D eigenvalue weighted by Crippen LogP contribution is -2.15. The predicted molar refractivity (Wildman–Crippen MR) is 45.3 cm³/mol. The van der Waals surface area contributed by atoms with E-state index in [4.69, 9.17) is 9.15 Å². The lowest BCUT2D eigenvalue weighted by molar-refractivity contribution is 0.0327. The summed E-state index contributed by atoms with van der Waals surface area (Å²) < 4.78 is 10.6. The molecule has 2 rings (SSSR count). The summed E-state index contributed by atoms with van der Waals surface area (Å²) in [6, 6.07) is 3.74. The Hall–Kier alpha value is -1.09. The molecule has 0 fully saturated rings. The van der Waals surface area contributed by atoms with E-state index in [1.165, 1.54) is 0 Å². The quantitative estimate of drug-likeness (QED) is 0.636. The molecule has 0 aromatic carbocycles. The number of ether oxygens (including phenoxy) is 1. The van der Waals surface area contributed by atoms with Gasteiger partial charge in [-0.2, -0.15) is 0 Å². The molecule has 0 unspecified atom stereocenters. The smallest absolute Gasteiger partial charge is 0.154 e. The Balaban J connectivity index is 2.28. The van der Waals surface area contributed by atoms with Crippen molar-refractivity contribution in [3.8, 4) is 0 Å². The van der Waals surface area contributed by atoms with Gasteiger partial charge in [-0.05, 0) is 26.0 Å². The molecule has 0 atom stereocenters. The molecule has 0 spiro atoms. The maximum atomic E-state index is 5.41. The average Bonchev–Trinajstić information content (AvgIpc) is 2.55. The van der Waals surface area contributed by atoms with Gasteiger partial charge in [-0.3, -0.25) is 0 Å². The van der Waals surface area contributed by atoms with Gasteiger partial charge in [-0.25, -0.2) is 4.99 Å². The van der Waals surface area contributed by atoms with Gasteiger partial charge in [0.25, 0.3) is 0 Å². The van der Waals surface area contributed by atoms with Gasteiger partial charge >= 0.3 is 0 Å². The van der Waals surface area contributed by atoms with Crippen LogP contribution in [0.2, 0.25) is 0 Å². The Bertz CT molecular complexity index is 298. The molecular weight excluding hydrogens is 154 g/mol. The minimum Gasteiger partial charge on any atom is -0.463 e. The topological polar surface area (TPSA) is 34.7 Å². The van der Waals surface area contributed by atoms with E-state index < -0.39 is 0 Å². The minimum atomic E-state index is -0.387. The SMILES string of the molecule is CC1(C)N=C(c2ccco2)CO1. The number of rotatable bonds is 1. The van der Waals surface area contributed by atoms with Crippen LogP contribution in [0.5, 0.6) is 0 Å². The highest BCUT2D eigenvalue weighted by molar-refractivity contribution is 6.00. The summed E-state index contributed by atoms with van der Waals surface area (Å²) >= 11 is 0. The van der Waals surface area contributed by atoms with Crippen LogP contribution >= 0.6 is 0 Å². The fraction of sp³-hybridized carbons (Fsp3) is 0.444. The van der Waals surface area contributed by atoms with Crippen LogP contribution in [-0.4, -0.2) is 18.0 Å². The van der Waals surface area contributed by atoms with Crippen molar-refractivity contribution in [2.45, 2.75) is 19.6 Å². The lowest BCUT2D eigenvalue weighted by atomic mass is 10.3. The van der Waals surface area contributed by atoms with Gasteiger partial charge < -0.3 is 9.15 Å². The molecule has 0 radical (unpaired) electrons. The Morgan fingerprint density at radius 3 is 2.83 bits per heavy atom. The van der Waals surface area contributed by atoms with E-state index in [1.807, 2.05) is 26.0 Å². The van der Waals surface area contributed by atoms with Crippen LogP contribution in [0.4, 0.5) is 0 Å². The van der Waals surface area contributed by atoms with Gasteiger partial charge in [-0.15, -0.1) is 0 Å². The van der Waals surface area contributed by atoms with E-state index in [0.29, 0.717) is 6.61 Å². The molecule has 64 valence electrons. The van der Waals surface area contributed by atoms with Gasteiger partial charge in [0, 0.05) is 0 Å². The third-order valence-corrected chi connectivity index (χ3v) is 1.77. The molecule has 2 heterocycles. The molecule has 0 amide bonds. The zero-order valence-corrected chi connectivity index (χ0v) is 7.20. The first-order chi connectivity index (χ1) is 5.67. The van der Waals surface area contributed by atoms with Gasteiger partial charge in [0.2, 0.25) is 0 Å². The molecule has 1 aliphatic heterocycles. The summed E-state index contributed by atoms with van der Waals surface area (Å²) in [7, 11) is 0. The molecule has 3 nitrogen and oxygen atoms in total. The molecule has 1 aromatic rings. The van der Waals surface area contributed by atoms with Crippen molar-refractivity contribution in [2.75, 3.05) is 6.61 Å². The van der Waals surface area contributed by atoms with Crippen molar-refractivity contribution >= 4 is 5.71 Å². The van der Waals surface area contributed by atoms with Gasteiger partial charge in [0.05, 0.1) is 12.9 Å². The van der Waals surface area contributed by atoms with E-state index in [2.05, 4.69) is 4.99 Å². The summed E-state index contributed by atoms with van der Waals surface area (Å²) in [5.74, 6) is 0.806. The standard InChI is InChI=1S/C9H11NO2/c1-9(2)10-7(6-12-9)8-4-3-5-11-8/h3-5H,6H2,1-2H3. The van der Waals surface area contributed by atoms with Gasteiger partial charge in [0.15, 0.2) is 5.72 Å². The number of furan rings is 1. The average molecular weight is 165 g/mol. The molecule has 0 bridgehead atoms. The normalized spacial score (nSPS) is 21.0. The van der Waals surface area contributed by atoms with E-state index in [9.17, 15) is 0 Å². The van der Waals surface area contributed by atoms with Crippen molar-refractivity contribution < 1.29 is 9.15 Å². The van der Waals surface area contributed by atoms with E-state index in [-0.39, 0.29) is 5.72 Å². The third kappa shape index (κ3) is 1.28. The Kier molecular flexibility index (Phi) is 1.54. The van der Waals surface area contributed by atoms with Crippen LogP contribution < -0.4 is 0 Å². The number of hydrogen-bond donors (Lipinski definition) is 0. The summed E-state index contributed by atoms with van der Waals surface area (Å²) in [5.41, 5.74) is 0.507. The highest BCUT2D eigenvalue weighted by Crippen LogP contribution is 2.20. The second kappa shape index (κ2) is 2.45. The monoisotopic (exact) mass is 165 g/mol. The van der Waals surface area contributed by atoms with Crippen LogP contribution in [0, 0.1) is 0 Å². The molecule has 12 heavy (non-hydrogen) atoms. The lowest BCUT2D eigenvalue weighted by Gasteiger charge is -2.11. The highest BCUT2D eigenvalue weighted by atomic mass is 16.5. The molecule has 1 aliphatic rings. The Morgan fingerprint density at radius 2 is 2.33 bits per heavy atom. The second-order valence-corrected chi connectivity index (χ2v) is 3.27. The van der Waals surface area contributed by atoms with Crippen LogP contribution in [0.15, 0.2) is 27.8 Å². The largest absolute Gasteiger partial charge is 0.463 e. The fourth-order valence-electron chi connectivity index (χ4n) is 1.20. The van der Waals surface area contributed by atoms with Crippen molar-refractivity contribution in [3.63, 3.8) is 0 Å². The van der Waals surface area contributed by atoms with Crippen molar-refractivity contribution in [1.82, 2.24) is 0 Å². The molecular formula is C9H11NO2. The van der Waals surface area contributed by atoms with Gasteiger partial charge in [-0.1, -0.05) is 0 Å². The Labute approximate surface area is 71.1 Å².